The average Bonchev–Trinajstić information content (AvgIpc) is 2.66. The van der Waals surface area contributed by atoms with E-state index < -0.39 is 6.36 Å². The van der Waals surface area contributed by atoms with Crippen molar-refractivity contribution in [2.45, 2.75) is 39.1 Å². The minimum atomic E-state index is -4.76. The highest BCUT2D eigenvalue weighted by atomic mass is 19.4. The smallest absolute Gasteiger partial charge is 0.406 e. The molecule has 0 aliphatic heterocycles. The van der Waals surface area contributed by atoms with E-state index in [4.69, 9.17) is 0 Å². The number of ether oxygens (including phenoxy) is 1. The maximum Gasteiger partial charge on any atom is 0.573 e. The minimum Gasteiger partial charge on any atom is -0.406 e. The van der Waals surface area contributed by atoms with Gasteiger partial charge in [-0.1, -0.05) is 12.1 Å². The highest BCUT2D eigenvalue weighted by molar-refractivity contribution is 5.66. The fourth-order valence-electron chi connectivity index (χ4n) is 2.81. The molecule has 6 nitrogen and oxygen atoms in total. The molecule has 0 atom stereocenters. The summed E-state index contributed by atoms with van der Waals surface area (Å²) in [6, 6.07) is 11.3. The van der Waals surface area contributed by atoms with Crippen molar-refractivity contribution in [1.82, 2.24) is 15.0 Å². The Morgan fingerprint density at radius 1 is 0.968 bits per heavy atom. The molecule has 0 saturated carbocycles. The van der Waals surface area contributed by atoms with Crippen LogP contribution in [0.5, 0.6) is 5.75 Å². The standard InChI is InChI=1S/C22H24F3N5O/c1-21(2,3)30-20-28-18(16-5-4-6-17(13-16)31-22(23,24)25)14-19(29-20)27-12-9-15-7-10-26-11-8-15/h4-8,10-11,13-14H,9,12H2,1-3H3,(H2,27,28,29,30). The number of anilines is 2. The van der Waals surface area contributed by atoms with Crippen LogP contribution in [0.15, 0.2) is 54.9 Å². The van der Waals surface area contributed by atoms with Crippen molar-refractivity contribution in [1.29, 1.82) is 0 Å². The third-order valence-corrected chi connectivity index (χ3v) is 4.05. The molecule has 31 heavy (non-hydrogen) atoms. The van der Waals surface area contributed by atoms with Crippen LogP contribution in [0.1, 0.15) is 26.3 Å². The van der Waals surface area contributed by atoms with Gasteiger partial charge >= 0.3 is 6.36 Å². The number of hydrogen-bond donors (Lipinski definition) is 2. The van der Waals surface area contributed by atoms with Crippen molar-refractivity contribution in [3.8, 4) is 17.0 Å². The lowest BCUT2D eigenvalue weighted by atomic mass is 10.1. The summed E-state index contributed by atoms with van der Waals surface area (Å²) in [6.45, 7) is 6.53. The van der Waals surface area contributed by atoms with Crippen molar-refractivity contribution in [3.63, 3.8) is 0 Å². The molecule has 0 aliphatic rings. The van der Waals surface area contributed by atoms with Crippen molar-refractivity contribution in [2.24, 2.45) is 0 Å². The van der Waals surface area contributed by atoms with Crippen LogP contribution >= 0.6 is 0 Å². The summed E-state index contributed by atoms with van der Waals surface area (Å²) in [6.07, 6.45) is -0.527. The normalized spacial score (nSPS) is 11.8. The number of nitrogens with zero attached hydrogens (tertiary/aromatic N) is 3. The number of hydrogen-bond acceptors (Lipinski definition) is 6. The second-order valence-corrected chi connectivity index (χ2v) is 7.94. The number of pyridine rings is 1. The Balaban J connectivity index is 1.85. The molecule has 9 heteroatoms. The van der Waals surface area contributed by atoms with E-state index in [0.717, 1.165) is 12.0 Å². The molecule has 0 amide bonds. The Bertz CT molecular complexity index is 1000. The van der Waals surface area contributed by atoms with Crippen LogP contribution in [0, 0.1) is 0 Å². The van der Waals surface area contributed by atoms with Crippen LogP contribution < -0.4 is 15.4 Å². The van der Waals surface area contributed by atoms with Gasteiger partial charge in [-0.2, -0.15) is 4.98 Å². The average molecular weight is 431 g/mol. The fourth-order valence-corrected chi connectivity index (χ4v) is 2.81. The molecular weight excluding hydrogens is 407 g/mol. The molecule has 0 unspecified atom stereocenters. The van der Waals surface area contributed by atoms with Gasteiger partial charge in [-0.25, -0.2) is 4.98 Å². The lowest BCUT2D eigenvalue weighted by Gasteiger charge is -2.21. The van der Waals surface area contributed by atoms with Gasteiger partial charge in [0.1, 0.15) is 11.6 Å². The van der Waals surface area contributed by atoms with E-state index >= 15 is 0 Å². The molecule has 0 saturated heterocycles. The Hall–Kier alpha value is -3.36. The molecule has 1 aromatic carbocycles. The van der Waals surface area contributed by atoms with Gasteiger partial charge in [0.2, 0.25) is 5.95 Å². The predicted octanol–water partition coefficient (Wildman–Crippen LogP) is 5.30. The molecular formula is C22H24F3N5O. The molecule has 0 bridgehead atoms. The van der Waals surface area contributed by atoms with E-state index in [2.05, 4.69) is 30.3 Å². The molecule has 3 rings (SSSR count). The number of nitrogens with one attached hydrogen (secondary N) is 2. The molecule has 0 spiro atoms. The van der Waals surface area contributed by atoms with Crippen LogP contribution in [0.3, 0.4) is 0 Å². The topological polar surface area (TPSA) is 72.0 Å². The zero-order valence-corrected chi connectivity index (χ0v) is 17.5. The predicted molar refractivity (Wildman–Crippen MR) is 114 cm³/mol. The van der Waals surface area contributed by atoms with E-state index in [1.54, 1.807) is 24.5 Å². The van der Waals surface area contributed by atoms with Crippen molar-refractivity contribution in [2.75, 3.05) is 17.2 Å². The van der Waals surface area contributed by atoms with E-state index in [1.807, 2.05) is 32.9 Å². The van der Waals surface area contributed by atoms with Gasteiger partial charge in [0.15, 0.2) is 0 Å². The largest absolute Gasteiger partial charge is 0.573 e. The third kappa shape index (κ3) is 7.44. The Labute approximate surface area is 178 Å². The van der Waals surface area contributed by atoms with Crippen molar-refractivity contribution < 1.29 is 17.9 Å². The van der Waals surface area contributed by atoms with Crippen molar-refractivity contribution >= 4 is 11.8 Å². The first kappa shape index (κ1) is 22.3. The molecule has 3 aromatic rings. The van der Waals surface area contributed by atoms with E-state index in [1.165, 1.54) is 18.2 Å². The zero-order valence-electron chi connectivity index (χ0n) is 17.5. The summed E-state index contributed by atoms with van der Waals surface area (Å²) in [5, 5.41) is 6.47. The highest BCUT2D eigenvalue weighted by Crippen LogP contribution is 2.29. The molecule has 0 fully saturated rings. The monoisotopic (exact) mass is 431 g/mol. The second kappa shape index (κ2) is 9.20. The van der Waals surface area contributed by atoms with Gasteiger partial charge in [0, 0.05) is 36.1 Å². The van der Waals surface area contributed by atoms with Crippen LogP contribution in [-0.2, 0) is 6.42 Å². The number of alkyl halides is 3. The molecule has 2 aromatic heterocycles. The van der Waals surface area contributed by atoms with E-state index in [-0.39, 0.29) is 11.3 Å². The molecule has 0 radical (unpaired) electrons. The first-order chi connectivity index (χ1) is 14.6. The Morgan fingerprint density at radius 2 is 1.71 bits per heavy atom. The number of halogens is 3. The summed E-state index contributed by atoms with van der Waals surface area (Å²) in [4.78, 5) is 13.0. The minimum absolute atomic E-state index is 0.297. The van der Waals surface area contributed by atoms with E-state index in [0.29, 0.717) is 29.6 Å². The Morgan fingerprint density at radius 3 is 2.39 bits per heavy atom. The summed E-state index contributed by atoms with van der Waals surface area (Å²) >= 11 is 0. The first-order valence-corrected chi connectivity index (χ1v) is 9.74. The zero-order chi connectivity index (χ0) is 22.5. The number of rotatable bonds is 7. The number of benzene rings is 1. The maximum absolute atomic E-state index is 12.6. The molecule has 164 valence electrons. The molecule has 2 heterocycles. The van der Waals surface area contributed by atoms with Gasteiger partial charge in [-0.15, -0.1) is 13.2 Å². The second-order valence-electron chi connectivity index (χ2n) is 7.94. The lowest BCUT2D eigenvalue weighted by Crippen LogP contribution is -2.27. The first-order valence-electron chi connectivity index (χ1n) is 9.74. The SMILES string of the molecule is CC(C)(C)Nc1nc(NCCc2ccncc2)cc(-c2cccc(OC(F)(F)F)c2)n1. The Kier molecular flexibility index (Phi) is 6.62. The highest BCUT2D eigenvalue weighted by Gasteiger charge is 2.31. The van der Waals surface area contributed by atoms with Gasteiger partial charge < -0.3 is 15.4 Å². The maximum atomic E-state index is 12.6. The summed E-state index contributed by atoms with van der Waals surface area (Å²) in [5.41, 5.74) is 1.79. The van der Waals surface area contributed by atoms with Crippen LogP contribution in [0.4, 0.5) is 24.9 Å². The summed E-state index contributed by atoms with van der Waals surface area (Å²) < 4.78 is 41.8. The van der Waals surface area contributed by atoms with Crippen LogP contribution in [0.25, 0.3) is 11.3 Å². The molecule has 0 aliphatic carbocycles. The van der Waals surface area contributed by atoms with Gasteiger partial charge in [0.25, 0.3) is 0 Å². The fraction of sp³-hybridized carbons (Fsp3) is 0.318. The summed E-state index contributed by atoms with van der Waals surface area (Å²) in [7, 11) is 0. The van der Waals surface area contributed by atoms with Crippen LogP contribution in [-0.4, -0.2) is 33.4 Å². The van der Waals surface area contributed by atoms with Gasteiger partial charge in [-0.3, -0.25) is 4.98 Å². The van der Waals surface area contributed by atoms with Crippen LogP contribution in [0.2, 0.25) is 0 Å². The lowest BCUT2D eigenvalue weighted by molar-refractivity contribution is -0.274. The van der Waals surface area contributed by atoms with Gasteiger partial charge in [-0.05, 0) is 57.0 Å². The quantitative estimate of drug-likeness (QED) is 0.529. The van der Waals surface area contributed by atoms with Gasteiger partial charge in [0.05, 0.1) is 5.69 Å². The number of aromatic nitrogens is 3. The van der Waals surface area contributed by atoms with Crippen molar-refractivity contribution in [3.05, 3.63) is 60.4 Å². The summed E-state index contributed by atoms with van der Waals surface area (Å²) in [5.74, 6) is 0.632. The molecule has 2 N–H and O–H groups in total. The van der Waals surface area contributed by atoms with E-state index in [9.17, 15) is 13.2 Å². The third-order valence-electron chi connectivity index (χ3n) is 4.05.